The molecule has 0 radical (unpaired) electrons. The predicted octanol–water partition coefficient (Wildman–Crippen LogP) is 0.512. The molecule has 0 saturated carbocycles. The van der Waals surface area contributed by atoms with Gasteiger partial charge in [0.15, 0.2) is 0 Å². The van der Waals surface area contributed by atoms with Crippen molar-refractivity contribution in [2.24, 2.45) is 5.73 Å². The second kappa shape index (κ2) is 8.07. The second-order valence-corrected chi connectivity index (χ2v) is 6.69. The van der Waals surface area contributed by atoms with Gasteiger partial charge in [-0.25, -0.2) is 0 Å². The summed E-state index contributed by atoms with van der Waals surface area (Å²) in [5, 5.41) is 2.98. The SMILES string of the molecule is NC1(C(=O)NCC2CN(Cc3ccccc3)CCO2)CCOCC1. The van der Waals surface area contributed by atoms with Crippen molar-refractivity contribution < 1.29 is 14.3 Å². The molecule has 3 N–H and O–H groups in total. The van der Waals surface area contributed by atoms with E-state index in [1.807, 2.05) is 6.07 Å². The van der Waals surface area contributed by atoms with Crippen LogP contribution in [0.25, 0.3) is 0 Å². The average Bonchev–Trinajstić information content (AvgIpc) is 2.61. The summed E-state index contributed by atoms with van der Waals surface area (Å²) in [5.74, 6) is -0.0883. The number of nitrogens with zero attached hydrogens (tertiary/aromatic N) is 1. The van der Waals surface area contributed by atoms with Crippen molar-refractivity contribution in [3.8, 4) is 0 Å². The molecule has 2 saturated heterocycles. The average molecular weight is 333 g/mol. The topological polar surface area (TPSA) is 76.8 Å². The lowest BCUT2D eigenvalue weighted by atomic mass is 9.90. The molecule has 1 atom stereocenters. The Balaban J connectivity index is 1.46. The van der Waals surface area contributed by atoms with Crippen LogP contribution < -0.4 is 11.1 Å². The molecular weight excluding hydrogens is 306 g/mol. The number of morpholine rings is 1. The highest BCUT2D eigenvalue weighted by molar-refractivity contribution is 5.86. The van der Waals surface area contributed by atoms with E-state index < -0.39 is 5.54 Å². The van der Waals surface area contributed by atoms with E-state index >= 15 is 0 Å². The minimum atomic E-state index is -0.795. The van der Waals surface area contributed by atoms with Crippen molar-refractivity contribution in [1.29, 1.82) is 0 Å². The smallest absolute Gasteiger partial charge is 0.240 e. The minimum absolute atomic E-state index is 0.00912. The zero-order valence-corrected chi connectivity index (χ0v) is 14.1. The van der Waals surface area contributed by atoms with Crippen molar-refractivity contribution in [2.75, 3.05) is 39.5 Å². The van der Waals surface area contributed by atoms with Gasteiger partial charge in [-0.1, -0.05) is 30.3 Å². The van der Waals surface area contributed by atoms with Crippen LogP contribution in [0, 0.1) is 0 Å². The van der Waals surface area contributed by atoms with E-state index in [1.54, 1.807) is 0 Å². The summed E-state index contributed by atoms with van der Waals surface area (Å²) in [7, 11) is 0. The number of nitrogens with one attached hydrogen (secondary N) is 1. The molecule has 0 aromatic heterocycles. The van der Waals surface area contributed by atoms with Gasteiger partial charge in [0.25, 0.3) is 0 Å². The molecule has 2 aliphatic heterocycles. The summed E-state index contributed by atoms with van der Waals surface area (Å²) < 4.78 is 11.1. The molecule has 24 heavy (non-hydrogen) atoms. The molecule has 2 aliphatic rings. The molecule has 2 heterocycles. The number of carbonyl (C=O) groups excluding carboxylic acids is 1. The van der Waals surface area contributed by atoms with E-state index in [1.165, 1.54) is 5.56 Å². The Morgan fingerprint density at radius 3 is 2.75 bits per heavy atom. The van der Waals surface area contributed by atoms with Crippen molar-refractivity contribution in [3.05, 3.63) is 35.9 Å². The molecule has 1 aromatic rings. The van der Waals surface area contributed by atoms with E-state index in [9.17, 15) is 4.79 Å². The van der Waals surface area contributed by atoms with Crippen LogP contribution in [-0.2, 0) is 20.8 Å². The largest absolute Gasteiger partial charge is 0.381 e. The molecule has 1 unspecified atom stereocenters. The van der Waals surface area contributed by atoms with Crippen LogP contribution in [0.2, 0.25) is 0 Å². The summed E-state index contributed by atoms with van der Waals surface area (Å²) in [6.45, 7) is 4.93. The molecule has 3 rings (SSSR count). The van der Waals surface area contributed by atoms with Gasteiger partial charge in [0.2, 0.25) is 5.91 Å². The summed E-state index contributed by atoms with van der Waals surface area (Å²) in [4.78, 5) is 14.7. The molecule has 6 heteroatoms. The molecular formula is C18H27N3O3. The van der Waals surface area contributed by atoms with Gasteiger partial charge in [0, 0.05) is 39.4 Å². The number of nitrogens with two attached hydrogens (primary N) is 1. The van der Waals surface area contributed by atoms with Gasteiger partial charge in [-0.3, -0.25) is 9.69 Å². The zero-order valence-electron chi connectivity index (χ0n) is 14.1. The summed E-state index contributed by atoms with van der Waals surface area (Å²) in [6.07, 6.45) is 1.16. The fourth-order valence-corrected chi connectivity index (χ4v) is 3.23. The highest BCUT2D eigenvalue weighted by atomic mass is 16.5. The Labute approximate surface area is 143 Å². The normalized spacial score (nSPS) is 24.5. The first-order chi connectivity index (χ1) is 11.7. The number of rotatable bonds is 5. The Hall–Kier alpha value is -1.47. The molecule has 1 aromatic carbocycles. The minimum Gasteiger partial charge on any atom is -0.381 e. The molecule has 0 spiro atoms. The highest BCUT2D eigenvalue weighted by Gasteiger charge is 2.36. The fourth-order valence-electron chi connectivity index (χ4n) is 3.23. The van der Waals surface area contributed by atoms with Crippen molar-refractivity contribution in [1.82, 2.24) is 10.2 Å². The summed E-state index contributed by atoms with van der Waals surface area (Å²) >= 11 is 0. The number of ether oxygens (including phenoxy) is 2. The quantitative estimate of drug-likeness (QED) is 0.821. The first-order valence-corrected chi connectivity index (χ1v) is 8.68. The molecule has 0 bridgehead atoms. The number of hydrogen-bond donors (Lipinski definition) is 2. The van der Waals surface area contributed by atoms with Gasteiger partial charge in [0.1, 0.15) is 0 Å². The van der Waals surface area contributed by atoms with E-state index in [0.717, 1.165) is 19.6 Å². The predicted molar refractivity (Wildman–Crippen MR) is 91.4 cm³/mol. The lowest BCUT2D eigenvalue weighted by Gasteiger charge is -2.35. The highest BCUT2D eigenvalue weighted by Crippen LogP contribution is 2.18. The van der Waals surface area contributed by atoms with Crippen LogP contribution in [0.1, 0.15) is 18.4 Å². The number of benzene rings is 1. The zero-order chi connectivity index (χ0) is 16.8. The maximum Gasteiger partial charge on any atom is 0.240 e. The molecule has 6 nitrogen and oxygen atoms in total. The third kappa shape index (κ3) is 4.54. The van der Waals surface area contributed by atoms with E-state index in [2.05, 4.69) is 34.5 Å². The van der Waals surface area contributed by atoms with E-state index in [4.69, 9.17) is 15.2 Å². The second-order valence-electron chi connectivity index (χ2n) is 6.69. The number of hydrogen-bond acceptors (Lipinski definition) is 5. The third-order valence-corrected chi connectivity index (χ3v) is 4.80. The monoisotopic (exact) mass is 333 g/mol. The maximum absolute atomic E-state index is 12.4. The van der Waals surface area contributed by atoms with Crippen LogP contribution in [0.5, 0.6) is 0 Å². The third-order valence-electron chi connectivity index (χ3n) is 4.80. The van der Waals surface area contributed by atoms with Crippen molar-refractivity contribution in [3.63, 3.8) is 0 Å². The lowest BCUT2D eigenvalue weighted by Crippen LogP contribution is -2.58. The molecule has 0 aliphatic carbocycles. The number of carbonyl (C=O) groups is 1. The van der Waals surface area contributed by atoms with Gasteiger partial charge in [-0.15, -0.1) is 0 Å². The Bertz CT molecular complexity index is 532. The molecule has 1 amide bonds. The molecule has 132 valence electrons. The Morgan fingerprint density at radius 2 is 2.00 bits per heavy atom. The van der Waals surface area contributed by atoms with Crippen molar-refractivity contribution >= 4 is 5.91 Å². The van der Waals surface area contributed by atoms with Crippen LogP contribution in [0.3, 0.4) is 0 Å². The Kier molecular flexibility index (Phi) is 5.84. The summed E-state index contributed by atoms with van der Waals surface area (Å²) in [6, 6.07) is 10.4. The molecule has 2 fully saturated rings. The van der Waals surface area contributed by atoms with Crippen LogP contribution in [-0.4, -0.2) is 61.9 Å². The van der Waals surface area contributed by atoms with Gasteiger partial charge in [-0.2, -0.15) is 0 Å². The van der Waals surface area contributed by atoms with Gasteiger partial charge < -0.3 is 20.5 Å². The summed E-state index contributed by atoms with van der Waals surface area (Å²) in [5.41, 5.74) is 6.71. The van der Waals surface area contributed by atoms with Gasteiger partial charge in [-0.05, 0) is 18.4 Å². The van der Waals surface area contributed by atoms with Crippen LogP contribution in [0.15, 0.2) is 30.3 Å². The first-order valence-electron chi connectivity index (χ1n) is 8.68. The standard InChI is InChI=1S/C18H27N3O3/c19-18(6-9-23-10-7-18)17(22)20-12-16-14-21(8-11-24-16)13-15-4-2-1-3-5-15/h1-5,16H,6-14,19H2,(H,20,22). The Morgan fingerprint density at radius 1 is 1.25 bits per heavy atom. The van der Waals surface area contributed by atoms with Crippen molar-refractivity contribution in [2.45, 2.75) is 31.0 Å². The van der Waals surface area contributed by atoms with E-state index in [0.29, 0.717) is 39.2 Å². The maximum atomic E-state index is 12.4. The fraction of sp³-hybridized carbons (Fsp3) is 0.611. The van der Waals surface area contributed by atoms with E-state index in [-0.39, 0.29) is 12.0 Å². The van der Waals surface area contributed by atoms with Crippen LogP contribution >= 0.6 is 0 Å². The van der Waals surface area contributed by atoms with Crippen LogP contribution in [0.4, 0.5) is 0 Å². The first kappa shape index (κ1) is 17.4. The number of amides is 1. The lowest BCUT2D eigenvalue weighted by molar-refractivity contribution is -0.131. The van der Waals surface area contributed by atoms with Gasteiger partial charge >= 0.3 is 0 Å². The van der Waals surface area contributed by atoms with Gasteiger partial charge in [0.05, 0.1) is 18.2 Å².